The van der Waals surface area contributed by atoms with E-state index in [1.165, 1.54) is 38.5 Å². The Labute approximate surface area is 180 Å². The Hall–Kier alpha value is 1.51. The van der Waals surface area contributed by atoms with E-state index in [-0.39, 0.29) is 63.2 Å². The van der Waals surface area contributed by atoms with Gasteiger partial charge >= 0.3 is 51.4 Å². The van der Waals surface area contributed by atoms with Crippen LogP contribution in [0.3, 0.4) is 0 Å². The van der Waals surface area contributed by atoms with Crippen molar-refractivity contribution in [3.63, 3.8) is 0 Å². The number of rotatable bonds is 15. The predicted molar refractivity (Wildman–Crippen MR) is 86.3 cm³/mol. The van der Waals surface area contributed by atoms with Gasteiger partial charge in [-0.2, -0.15) is 0 Å². The van der Waals surface area contributed by atoms with Crippen LogP contribution in [0.25, 0.3) is 0 Å². The minimum Gasteiger partial charge on any atom is -0.748 e. The number of unbranched alkanes of at least 4 members (excludes halogenated alkanes) is 9. The van der Waals surface area contributed by atoms with E-state index in [9.17, 15) is 18.1 Å². The van der Waals surface area contributed by atoms with E-state index >= 15 is 0 Å². The summed E-state index contributed by atoms with van der Waals surface area (Å²) in [5, 5.41) is 9.83. The van der Waals surface area contributed by atoms with E-state index in [0.29, 0.717) is 6.42 Å². The fraction of sp³-hybridized carbons (Fsp3) is 1.00. The summed E-state index contributed by atoms with van der Waals surface area (Å²) in [4.78, 5) is 0. The van der Waals surface area contributed by atoms with Crippen LogP contribution in [0.1, 0.15) is 90.4 Å². The van der Waals surface area contributed by atoms with Crippen LogP contribution in [-0.2, 0) is 10.1 Å². The quantitative estimate of drug-likeness (QED) is 0.268. The van der Waals surface area contributed by atoms with Gasteiger partial charge in [0.05, 0.1) is 16.2 Å². The van der Waals surface area contributed by atoms with Gasteiger partial charge in [-0.25, -0.2) is 8.42 Å². The molecule has 22 heavy (non-hydrogen) atoms. The Morgan fingerprint density at radius 2 is 1.23 bits per heavy atom. The number of hydrogen-bond acceptors (Lipinski definition) is 4. The molecule has 128 valence electrons. The molecule has 0 amide bonds. The molecule has 0 fully saturated rings. The molecule has 4 nitrogen and oxygen atoms in total. The van der Waals surface area contributed by atoms with Crippen molar-refractivity contribution in [3.05, 3.63) is 0 Å². The topological polar surface area (TPSA) is 77.4 Å². The molecule has 0 aliphatic heterocycles. The van der Waals surface area contributed by atoms with E-state index < -0.39 is 10.1 Å². The maximum absolute atomic E-state index is 10.4. The average Bonchev–Trinajstić information content (AvgIpc) is 2.40. The van der Waals surface area contributed by atoms with Crippen molar-refractivity contribution < 1.29 is 69.5 Å². The molecule has 0 heterocycles. The molecule has 0 saturated carbocycles. The molecule has 0 rings (SSSR count). The molecule has 1 atom stereocenters. The standard InChI is InChI=1S/C16H34O4S.K/c1-2-3-4-5-6-7-10-13-16(17)14-11-8-9-12-15-21(18,19)20;/h16-17H,2-15H2,1H3,(H,18,19,20);/q;+1/p-1. The zero-order chi connectivity index (χ0) is 16.0. The molecule has 0 aromatic heterocycles. The summed E-state index contributed by atoms with van der Waals surface area (Å²) in [6.07, 6.45) is 13.3. The first-order valence-corrected chi connectivity index (χ1v) is 10.1. The maximum atomic E-state index is 10.4. The molecule has 0 radical (unpaired) electrons. The molecule has 0 aliphatic rings. The first-order valence-electron chi connectivity index (χ1n) is 8.57. The fourth-order valence-electron chi connectivity index (χ4n) is 2.49. The van der Waals surface area contributed by atoms with Crippen molar-refractivity contribution in [1.82, 2.24) is 0 Å². The third kappa shape index (κ3) is 21.5. The Morgan fingerprint density at radius 3 is 1.68 bits per heavy atom. The van der Waals surface area contributed by atoms with E-state index in [1.54, 1.807) is 0 Å². The molecule has 0 aromatic carbocycles. The Bertz CT molecular complexity index is 320. The summed E-state index contributed by atoms with van der Waals surface area (Å²) in [6.45, 7) is 2.22. The van der Waals surface area contributed by atoms with Crippen molar-refractivity contribution in [3.8, 4) is 0 Å². The van der Waals surface area contributed by atoms with Gasteiger partial charge in [-0.05, 0) is 19.3 Å². The van der Waals surface area contributed by atoms with Crippen molar-refractivity contribution in [2.75, 3.05) is 5.75 Å². The molecule has 0 spiro atoms. The van der Waals surface area contributed by atoms with Gasteiger partial charge in [0.2, 0.25) is 0 Å². The zero-order valence-electron chi connectivity index (χ0n) is 14.6. The first kappa shape index (κ1) is 25.7. The van der Waals surface area contributed by atoms with E-state index in [4.69, 9.17) is 0 Å². The monoisotopic (exact) mass is 360 g/mol. The predicted octanol–water partition coefficient (Wildman–Crippen LogP) is 0.988. The second kappa shape index (κ2) is 17.3. The Balaban J connectivity index is 0. The molecule has 6 heteroatoms. The van der Waals surface area contributed by atoms with E-state index in [0.717, 1.165) is 38.5 Å². The molecular formula is C16H33KO4S. The largest absolute Gasteiger partial charge is 1.00 e. The maximum Gasteiger partial charge on any atom is 1.00 e. The number of aliphatic hydroxyl groups excluding tert-OH is 1. The third-order valence-electron chi connectivity index (χ3n) is 3.82. The molecule has 0 aliphatic carbocycles. The number of hydrogen-bond donors (Lipinski definition) is 1. The minimum absolute atomic E-state index is 0. The summed E-state index contributed by atoms with van der Waals surface area (Å²) < 4.78 is 31.2. The van der Waals surface area contributed by atoms with E-state index in [2.05, 4.69) is 6.92 Å². The third-order valence-corrected chi connectivity index (χ3v) is 4.61. The van der Waals surface area contributed by atoms with Crippen LogP contribution < -0.4 is 51.4 Å². The molecule has 0 saturated heterocycles. The normalized spacial score (nSPS) is 12.9. The molecular weight excluding hydrogens is 327 g/mol. The summed E-state index contributed by atoms with van der Waals surface area (Å²) in [5.41, 5.74) is 0. The van der Waals surface area contributed by atoms with Crippen LogP contribution >= 0.6 is 0 Å². The second-order valence-corrected chi connectivity index (χ2v) is 7.55. The van der Waals surface area contributed by atoms with Gasteiger partial charge in [0.15, 0.2) is 0 Å². The van der Waals surface area contributed by atoms with Crippen molar-refractivity contribution in [2.45, 2.75) is 96.5 Å². The minimum atomic E-state index is -4.05. The van der Waals surface area contributed by atoms with Gasteiger partial charge in [0, 0.05) is 5.75 Å². The van der Waals surface area contributed by atoms with Gasteiger partial charge in [-0.1, -0.05) is 71.1 Å². The summed E-state index contributed by atoms with van der Waals surface area (Å²) in [5.74, 6) is -0.256. The summed E-state index contributed by atoms with van der Waals surface area (Å²) in [6, 6.07) is 0. The first-order chi connectivity index (χ1) is 9.95. The van der Waals surface area contributed by atoms with Crippen molar-refractivity contribution >= 4 is 10.1 Å². The van der Waals surface area contributed by atoms with Crippen LogP contribution in [0.2, 0.25) is 0 Å². The second-order valence-electron chi connectivity index (χ2n) is 6.03. The van der Waals surface area contributed by atoms with Crippen LogP contribution in [0.15, 0.2) is 0 Å². The molecule has 0 aromatic rings. The molecule has 1 N–H and O–H groups in total. The zero-order valence-corrected chi connectivity index (χ0v) is 18.5. The SMILES string of the molecule is CCCCCCCCCC(O)CCCCCCS(=O)(=O)[O-].[K+]. The number of aliphatic hydroxyl groups is 1. The van der Waals surface area contributed by atoms with Crippen LogP contribution in [-0.4, -0.2) is 29.9 Å². The van der Waals surface area contributed by atoms with Crippen LogP contribution in [0.4, 0.5) is 0 Å². The van der Waals surface area contributed by atoms with Gasteiger partial charge in [0.1, 0.15) is 0 Å². The molecule has 0 bridgehead atoms. The molecule has 1 unspecified atom stereocenters. The van der Waals surface area contributed by atoms with Gasteiger partial charge in [-0.15, -0.1) is 0 Å². The smallest absolute Gasteiger partial charge is 0.748 e. The fourth-order valence-corrected chi connectivity index (χ4v) is 3.05. The summed E-state index contributed by atoms with van der Waals surface area (Å²) in [7, 11) is -4.05. The average molecular weight is 361 g/mol. The van der Waals surface area contributed by atoms with E-state index in [1.807, 2.05) is 0 Å². The van der Waals surface area contributed by atoms with Gasteiger partial charge < -0.3 is 9.66 Å². The Morgan fingerprint density at radius 1 is 0.818 bits per heavy atom. The van der Waals surface area contributed by atoms with Crippen molar-refractivity contribution in [2.24, 2.45) is 0 Å². The van der Waals surface area contributed by atoms with Gasteiger partial charge in [-0.3, -0.25) is 0 Å². The Kier molecular flexibility index (Phi) is 20.3. The summed E-state index contributed by atoms with van der Waals surface area (Å²) >= 11 is 0. The van der Waals surface area contributed by atoms with Crippen molar-refractivity contribution in [1.29, 1.82) is 0 Å². The van der Waals surface area contributed by atoms with Gasteiger partial charge in [0.25, 0.3) is 0 Å². The van der Waals surface area contributed by atoms with Crippen LogP contribution in [0.5, 0.6) is 0 Å². The van der Waals surface area contributed by atoms with Crippen LogP contribution in [0, 0.1) is 0 Å².